The molecular weight excluding hydrogens is 613 g/mol. The zero-order valence-corrected chi connectivity index (χ0v) is 21.1. The number of benzene rings is 3. The summed E-state index contributed by atoms with van der Waals surface area (Å²) < 4.78 is 20.9. The summed E-state index contributed by atoms with van der Waals surface area (Å²) in [7, 11) is 0. The van der Waals surface area contributed by atoms with Crippen LogP contribution in [-0.4, -0.2) is 4.57 Å². The van der Waals surface area contributed by atoms with E-state index in [2.05, 4.69) is 38.5 Å². The molecule has 2 aliphatic rings. The van der Waals surface area contributed by atoms with E-state index in [0.29, 0.717) is 28.5 Å². The molecule has 2 unspecified atom stereocenters. The van der Waals surface area contributed by atoms with Crippen LogP contribution in [0.5, 0.6) is 5.75 Å². The van der Waals surface area contributed by atoms with E-state index in [1.54, 1.807) is 30.3 Å². The summed E-state index contributed by atoms with van der Waals surface area (Å²) in [5.41, 5.74) is 1.86. The largest absolute Gasteiger partial charge is 0.456 e. The van der Waals surface area contributed by atoms with Gasteiger partial charge in [0, 0.05) is 25.2 Å². The molecule has 0 fully saturated rings. The van der Waals surface area contributed by atoms with Gasteiger partial charge in [-0.15, -0.1) is 0 Å². The van der Waals surface area contributed by atoms with Gasteiger partial charge in [0.05, 0.1) is 17.2 Å². The highest BCUT2D eigenvalue weighted by molar-refractivity contribution is 14.1. The molecule has 0 amide bonds. The first kappa shape index (κ1) is 21.4. The minimum atomic E-state index is -0.738. The molecule has 6 nitrogen and oxygen atoms in total. The van der Waals surface area contributed by atoms with Crippen LogP contribution < -0.4 is 16.1 Å². The molecule has 0 N–H and O–H groups in total. The van der Waals surface area contributed by atoms with Crippen molar-refractivity contribution in [2.45, 2.75) is 12.0 Å². The molecule has 8 heteroatoms. The Morgan fingerprint density at radius 2 is 1.76 bits per heavy atom. The van der Waals surface area contributed by atoms with Crippen molar-refractivity contribution >= 4 is 38.5 Å². The second-order valence-electron chi connectivity index (χ2n) is 7.92. The maximum Gasteiger partial charge on any atom is 0.426 e. The molecule has 0 saturated heterocycles. The lowest BCUT2D eigenvalue weighted by Gasteiger charge is -2.27. The van der Waals surface area contributed by atoms with Crippen molar-refractivity contribution < 1.29 is 13.9 Å². The van der Waals surface area contributed by atoms with Crippen LogP contribution in [-0.2, 0) is 4.74 Å². The second kappa shape index (κ2) is 8.28. The van der Waals surface area contributed by atoms with Crippen molar-refractivity contribution in [3.05, 3.63) is 125 Å². The molecule has 0 radical (unpaired) electrons. The standard InChI is InChI=1S/C26H15BrINO5/c27-14-8-10-16(11-9-14)29-25(30)22-20-13-21(32-17-5-3-4-15(28)12-17)33-23(20)18-6-1-2-7-19(18)24(22)34-26(29)31/h1-13,20,23H. The lowest BCUT2D eigenvalue weighted by atomic mass is 9.81. The number of halogens is 2. The summed E-state index contributed by atoms with van der Waals surface area (Å²) >= 11 is 5.60. The van der Waals surface area contributed by atoms with E-state index in [4.69, 9.17) is 13.9 Å². The fourth-order valence-electron chi connectivity index (χ4n) is 4.42. The van der Waals surface area contributed by atoms with E-state index in [-0.39, 0.29) is 5.76 Å². The first-order chi connectivity index (χ1) is 16.5. The second-order valence-corrected chi connectivity index (χ2v) is 10.1. The molecule has 34 heavy (non-hydrogen) atoms. The first-order valence-corrected chi connectivity index (χ1v) is 12.3. The fourth-order valence-corrected chi connectivity index (χ4v) is 5.19. The van der Waals surface area contributed by atoms with Gasteiger partial charge in [-0.05, 0) is 65.1 Å². The summed E-state index contributed by atoms with van der Waals surface area (Å²) in [6.45, 7) is 0. The summed E-state index contributed by atoms with van der Waals surface area (Å²) in [5, 5.41) is 0. The van der Waals surface area contributed by atoms with Gasteiger partial charge in [0.15, 0.2) is 0 Å². The summed E-state index contributed by atoms with van der Waals surface area (Å²) in [5.74, 6) is 0.00646. The van der Waals surface area contributed by atoms with Crippen molar-refractivity contribution in [1.82, 2.24) is 4.57 Å². The Balaban J connectivity index is 1.53. The monoisotopic (exact) mass is 627 g/mol. The maximum atomic E-state index is 13.7. The summed E-state index contributed by atoms with van der Waals surface area (Å²) in [6, 6.07) is 22.0. The van der Waals surface area contributed by atoms with Gasteiger partial charge in [0.1, 0.15) is 17.6 Å². The Morgan fingerprint density at radius 1 is 0.971 bits per heavy atom. The number of ether oxygens (including phenoxy) is 2. The van der Waals surface area contributed by atoms with E-state index in [0.717, 1.165) is 18.2 Å². The van der Waals surface area contributed by atoms with E-state index in [9.17, 15) is 9.59 Å². The zero-order valence-electron chi connectivity index (χ0n) is 17.4. The van der Waals surface area contributed by atoms with Crippen LogP contribution in [0.2, 0.25) is 0 Å². The average Bonchev–Trinajstić information content (AvgIpc) is 3.23. The molecule has 0 bridgehead atoms. The third-order valence-corrected chi connectivity index (χ3v) is 7.08. The van der Waals surface area contributed by atoms with Gasteiger partial charge in [-0.3, -0.25) is 4.79 Å². The predicted octanol–water partition coefficient (Wildman–Crippen LogP) is 5.91. The SMILES string of the molecule is O=c1oc2c(c(=O)n1-c1ccc(Br)cc1)C1C=C(Oc3cccc(I)c3)OC1c1ccccc1-2. The number of hydrogen-bond acceptors (Lipinski definition) is 5. The Kier molecular flexibility index (Phi) is 5.22. The smallest absolute Gasteiger partial charge is 0.426 e. The molecule has 168 valence electrons. The average molecular weight is 628 g/mol. The molecule has 2 heterocycles. The van der Waals surface area contributed by atoms with Gasteiger partial charge in [0.25, 0.3) is 11.5 Å². The summed E-state index contributed by atoms with van der Waals surface area (Å²) in [6.07, 6.45) is 1.31. The number of nitrogens with zero attached hydrogens (tertiary/aromatic N) is 1. The lowest BCUT2D eigenvalue weighted by molar-refractivity contribution is 0.0599. The Morgan fingerprint density at radius 3 is 2.56 bits per heavy atom. The topological polar surface area (TPSA) is 70.7 Å². The van der Waals surface area contributed by atoms with Gasteiger partial charge >= 0.3 is 5.76 Å². The number of rotatable bonds is 3. The highest BCUT2D eigenvalue weighted by atomic mass is 127. The molecule has 2 atom stereocenters. The number of hydrogen-bond donors (Lipinski definition) is 0. The van der Waals surface area contributed by atoms with E-state index >= 15 is 0 Å². The normalized spacial score (nSPS) is 17.8. The molecule has 4 aromatic rings. The molecule has 6 rings (SSSR count). The predicted molar refractivity (Wildman–Crippen MR) is 138 cm³/mol. The molecular formula is C26H15BrINO5. The van der Waals surface area contributed by atoms with Gasteiger partial charge in [-0.1, -0.05) is 46.3 Å². The van der Waals surface area contributed by atoms with Crippen LogP contribution in [0.3, 0.4) is 0 Å². The van der Waals surface area contributed by atoms with E-state index in [1.807, 2.05) is 48.5 Å². The van der Waals surface area contributed by atoms with Gasteiger partial charge in [-0.2, -0.15) is 0 Å². The van der Waals surface area contributed by atoms with Gasteiger partial charge < -0.3 is 13.9 Å². The van der Waals surface area contributed by atoms with E-state index < -0.39 is 23.3 Å². The molecule has 1 aromatic heterocycles. The minimum absolute atomic E-state index is 0.274. The number of aromatic nitrogens is 1. The lowest BCUT2D eigenvalue weighted by Crippen LogP contribution is -2.36. The molecule has 0 saturated carbocycles. The Hall–Kier alpha value is -3.11. The number of fused-ring (bicyclic) bond motifs is 6. The van der Waals surface area contributed by atoms with Crippen molar-refractivity contribution in [3.63, 3.8) is 0 Å². The Labute approximate surface area is 215 Å². The van der Waals surface area contributed by atoms with Crippen LogP contribution in [0.1, 0.15) is 23.1 Å². The fraction of sp³-hybridized carbons (Fsp3) is 0.0769. The summed E-state index contributed by atoms with van der Waals surface area (Å²) in [4.78, 5) is 26.7. The molecule has 0 spiro atoms. The van der Waals surface area contributed by atoms with Crippen molar-refractivity contribution in [2.75, 3.05) is 0 Å². The zero-order chi connectivity index (χ0) is 23.4. The van der Waals surface area contributed by atoms with Crippen LogP contribution >= 0.6 is 38.5 Å². The van der Waals surface area contributed by atoms with Crippen LogP contribution in [0, 0.1) is 3.57 Å². The molecule has 1 aliphatic carbocycles. The van der Waals surface area contributed by atoms with Crippen LogP contribution in [0.15, 0.2) is 103 Å². The maximum absolute atomic E-state index is 13.7. The molecule has 3 aromatic carbocycles. The van der Waals surface area contributed by atoms with E-state index in [1.165, 1.54) is 0 Å². The van der Waals surface area contributed by atoms with Crippen LogP contribution in [0.4, 0.5) is 0 Å². The quantitative estimate of drug-likeness (QED) is 0.264. The van der Waals surface area contributed by atoms with Crippen molar-refractivity contribution in [2.24, 2.45) is 0 Å². The van der Waals surface area contributed by atoms with Gasteiger partial charge in [0.2, 0.25) is 0 Å². The third kappa shape index (κ3) is 3.52. The first-order valence-electron chi connectivity index (χ1n) is 10.5. The van der Waals surface area contributed by atoms with Gasteiger partial charge in [-0.25, -0.2) is 9.36 Å². The highest BCUT2D eigenvalue weighted by Gasteiger charge is 2.43. The highest BCUT2D eigenvalue weighted by Crippen LogP contribution is 2.51. The molecule has 1 aliphatic heterocycles. The van der Waals surface area contributed by atoms with Crippen molar-refractivity contribution in [1.29, 1.82) is 0 Å². The van der Waals surface area contributed by atoms with Crippen LogP contribution in [0.25, 0.3) is 17.0 Å². The van der Waals surface area contributed by atoms with Crippen molar-refractivity contribution in [3.8, 4) is 22.8 Å². The third-order valence-electron chi connectivity index (χ3n) is 5.88. The Bertz CT molecular complexity index is 1590. The minimum Gasteiger partial charge on any atom is -0.456 e.